The minimum atomic E-state index is 0. The molecule has 0 bridgehead atoms. The van der Waals surface area contributed by atoms with E-state index in [0.29, 0.717) is 0 Å². The SMILES string of the molecule is Cl.[GeH4].c1ccc(-c2ccccc2)cc1. The van der Waals surface area contributed by atoms with Gasteiger partial charge < -0.3 is 0 Å². The fraction of sp³-hybridized carbons (Fsp3) is 0. The third kappa shape index (κ3) is 3.20. The molecule has 0 aliphatic heterocycles. The van der Waals surface area contributed by atoms with Gasteiger partial charge in [0.2, 0.25) is 0 Å². The van der Waals surface area contributed by atoms with Gasteiger partial charge in [-0.3, -0.25) is 0 Å². The molecule has 0 aliphatic carbocycles. The van der Waals surface area contributed by atoms with Gasteiger partial charge in [-0.05, 0) is 11.1 Å². The second-order valence-electron chi connectivity index (χ2n) is 2.73. The zero-order chi connectivity index (χ0) is 8.23. The molecule has 0 unspecified atom stereocenters. The van der Waals surface area contributed by atoms with Gasteiger partial charge >= 0.3 is 17.6 Å². The largest absolute Gasteiger partial charge is 0.0622 e. The van der Waals surface area contributed by atoms with E-state index in [-0.39, 0.29) is 30.0 Å². The van der Waals surface area contributed by atoms with Crippen molar-refractivity contribution in [2.45, 2.75) is 0 Å². The van der Waals surface area contributed by atoms with Crippen LogP contribution in [0.2, 0.25) is 0 Å². The van der Waals surface area contributed by atoms with Crippen LogP contribution in [0.25, 0.3) is 11.1 Å². The molecule has 0 N–H and O–H groups in total. The van der Waals surface area contributed by atoms with Gasteiger partial charge in [-0.1, -0.05) is 60.7 Å². The summed E-state index contributed by atoms with van der Waals surface area (Å²) in [5.74, 6) is 0. The molecule has 74 valence electrons. The van der Waals surface area contributed by atoms with E-state index in [1.807, 2.05) is 12.1 Å². The van der Waals surface area contributed by atoms with Crippen LogP contribution < -0.4 is 0 Å². The summed E-state index contributed by atoms with van der Waals surface area (Å²) in [6, 6.07) is 20.8. The van der Waals surface area contributed by atoms with Crippen LogP contribution in [0.5, 0.6) is 0 Å². The van der Waals surface area contributed by atoms with E-state index < -0.39 is 0 Å². The van der Waals surface area contributed by atoms with Gasteiger partial charge in [0, 0.05) is 0 Å². The van der Waals surface area contributed by atoms with Crippen molar-refractivity contribution >= 4 is 30.0 Å². The van der Waals surface area contributed by atoms with Gasteiger partial charge in [-0.2, -0.15) is 0 Å². The average Bonchev–Trinajstić information content (AvgIpc) is 2.21. The Labute approximate surface area is 102 Å². The van der Waals surface area contributed by atoms with E-state index in [1.54, 1.807) is 0 Å². The summed E-state index contributed by atoms with van der Waals surface area (Å²) in [6.07, 6.45) is 0. The number of hydrogen-bond acceptors (Lipinski definition) is 0. The van der Waals surface area contributed by atoms with E-state index in [1.165, 1.54) is 11.1 Å². The molecular weight excluding hydrogens is 252 g/mol. The standard InChI is InChI=1S/C12H10.ClH.GeH4/c1-3-7-11(8-4-1)12-9-5-2-6-10-12;;/h1-10H;1H;1H4. The monoisotopic (exact) mass is 268 g/mol. The molecule has 0 radical (unpaired) electrons. The summed E-state index contributed by atoms with van der Waals surface area (Å²) in [5.41, 5.74) is 2.55. The van der Waals surface area contributed by atoms with E-state index in [0.717, 1.165) is 0 Å². The topological polar surface area (TPSA) is 0 Å². The Morgan fingerprint density at radius 1 is 0.500 bits per heavy atom. The second kappa shape index (κ2) is 6.69. The van der Waals surface area contributed by atoms with Crippen LogP contribution in [-0.4, -0.2) is 17.6 Å². The molecule has 2 rings (SSSR count). The maximum Gasteiger partial charge on any atom is -0.0184 e. The van der Waals surface area contributed by atoms with Crippen molar-refractivity contribution < 1.29 is 0 Å². The zero-order valence-electron chi connectivity index (χ0n) is 7.18. The fourth-order valence-electron chi connectivity index (χ4n) is 1.26. The normalized spacial score (nSPS) is 8.29. The molecule has 2 aromatic rings. The smallest absolute Gasteiger partial charge is 0.0184 e. The number of rotatable bonds is 1. The molecule has 0 atom stereocenters. The molecule has 0 fully saturated rings. The second-order valence-corrected chi connectivity index (χ2v) is 2.73. The number of halogens is 1. The summed E-state index contributed by atoms with van der Waals surface area (Å²) in [6.45, 7) is 0. The third-order valence-corrected chi connectivity index (χ3v) is 1.88. The average molecular weight is 267 g/mol. The molecule has 0 aliphatic rings. The molecule has 2 heteroatoms. The van der Waals surface area contributed by atoms with Crippen molar-refractivity contribution in [3.63, 3.8) is 0 Å². The van der Waals surface area contributed by atoms with Crippen molar-refractivity contribution in [2.75, 3.05) is 0 Å². The first-order chi connectivity index (χ1) is 5.97. The van der Waals surface area contributed by atoms with Crippen LogP contribution in [0.4, 0.5) is 0 Å². The molecule has 0 heterocycles. The van der Waals surface area contributed by atoms with Crippen LogP contribution in [0.15, 0.2) is 60.7 Å². The summed E-state index contributed by atoms with van der Waals surface area (Å²) in [5, 5.41) is 0. The molecule has 0 amide bonds. The molecule has 0 saturated carbocycles. The van der Waals surface area contributed by atoms with Gasteiger partial charge in [-0.15, -0.1) is 12.4 Å². The Hall–Kier alpha value is -0.727. The maximum absolute atomic E-state index is 2.12. The molecule has 0 saturated heterocycles. The Kier molecular flexibility index (Phi) is 6.34. The molecule has 14 heavy (non-hydrogen) atoms. The fourth-order valence-corrected chi connectivity index (χ4v) is 1.26. The number of benzene rings is 2. The van der Waals surface area contributed by atoms with Gasteiger partial charge in [0.25, 0.3) is 0 Å². The van der Waals surface area contributed by atoms with Crippen LogP contribution >= 0.6 is 12.4 Å². The summed E-state index contributed by atoms with van der Waals surface area (Å²) in [4.78, 5) is 0. The van der Waals surface area contributed by atoms with Crippen LogP contribution in [0.1, 0.15) is 0 Å². The van der Waals surface area contributed by atoms with Crippen LogP contribution in [-0.2, 0) is 0 Å². The third-order valence-electron chi connectivity index (χ3n) is 1.88. The Bertz CT molecular complexity index is 308. The van der Waals surface area contributed by atoms with E-state index >= 15 is 0 Å². The first-order valence-corrected chi connectivity index (χ1v) is 4.07. The van der Waals surface area contributed by atoms with Crippen molar-refractivity contribution in [3.8, 4) is 11.1 Å². The predicted molar refractivity (Wildman–Crippen MR) is 70.5 cm³/mol. The maximum atomic E-state index is 2.12. The first kappa shape index (κ1) is 13.3. The van der Waals surface area contributed by atoms with Gasteiger partial charge in [-0.25, -0.2) is 0 Å². The molecule has 0 spiro atoms. The Balaban J connectivity index is 0.000000845. The van der Waals surface area contributed by atoms with Gasteiger partial charge in [0.05, 0.1) is 0 Å². The molecule has 0 nitrogen and oxygen atoms in total. The summed E-state index contributed by atoms with van der Waals surface area (Å²) >= 11 is 0. The molecule has 2 aromatic carbocycles. The minimum absolute atomic E-state index is 0. The molecule has 0 aromatic heterocycles. The van der Waals surface area contributed by atoms with Crippen molar-refractivity contribution in [1.82, 2.24) is 0 Å². The van der Waals surface area contributed by atoms with Crippen LogP contribution in [0, 0.1) is 0 Å². The van der Waals surface area contributed by atoms with Crippen molar-refractivity contribution in [3.05, 3.63) is 60.7 Å². The minimum Gasteiger partial charge on any atom is -0.0622 e. The van der Waals surface area contributed by atoms with Crippen molar-refractivity contribution in [2.24, 2.45) is 0 Å². The van der Waals surface area contributed by atoms with E-state index in [4.69, 9.17) is 0 Å². The van der Waals surface area contributed by atoms with Crippen molar-refractivity contribution in [1.29, 1.82) is 0 Å². The Morgan fingerprint density at radius 2 is 0.786 bits per heavy atom. The molecular formula is C12H15ClGe. The zero-order valence-corrected chi connectivity index (χ0v) is 8.00. The quantitative estimate of drug-likeness (QED) is 0.696. The van der Waals surface area contributed by atoms with E-state index in [9.17, 15) is 0 Å². The van der Waals surface area contributed by atoms with Gasteiger partial charge in [0.1, 0.15) is 0 Å². The summed E-state index contributed by atoms with van der Waals surface area (Å²) < 4.78 is 0. The summed E-state index contributed by atoms with van der Waals surface area (Å²) in [7, 11) is 0. The first-order valence-electron chi connectivity index (χ1n) is 4.07. The van der Waals surface area contributed by atoms with Gasteiger partial charge in [0.15, 0.2) is 0 Å². The number of hydrogen-bond donors (Lipinski definition) is 0. The van der Waals surface area contributed by atoms with Crippen LogP contribution in [0.3, 0.4) is 0 Å². The Morgan fingerprint density at radius 3 is 1.07 bits per heavy atom. The predicted octanol–water partition coefficient (Wildman–Crippen LogP) is 2.32. The van der Waals surface area contributed by atoms with E-state index in [2.05, 4.69) is 48.5 Å².